The topological polar surface area (TPSA) is 47.0 Å². The molecule has 1 unspecified atom stereocenters. The highest BCUT2D eigenvalue weighted by atomic mass is 32.2. The molecular weight excluding hydrogens is 303 g/mol. The molecule has 8 heteroatoms. The Bertz CT molecular complexity index is 464. The van der Waals surface area contributed by atoms with E-state index in [9.17, 15) is 13.2 Å². The lowest BCUT2D eigenvalue weighted by Gasteiger charge is -2.12. The molecule has 0 amide bonds. The lowest BCUT2D eigenvalue weighted by atomic mass is 10.3. The quantitative estimate of drug-likeness (QED) is 0.641. The number of hydrogen-bond donors (Lipinski definition) is 1. The number of halogens is 3. The van der Waals surface area contributed by atoms with Crippen molar-refractivity contribution in [3.05, 3.63) is 11.8 Å². The molecule has 21 heavy (non-hydrogen) atoms. The van der Waals surface area contributed by atoms with Gasteiger partial charge in [-0.05, 0) is 19.3 Å². The highest BCUT2D eigenvalue weighted by molar-refractivity contribution is 7.99. The molecule has 1 saturated heterocycles. The van der Waals surface area contributed by atoms with Crippen molar-refractivity contribution in [2.45, 2.75) is 43.5 Å². The van der Waals surface area contributed by atoms with Crippen LogP contribution in [-0.2, 0) is 10.9 Å². The first kappa shape index (κ1) is 16.4. The summed E-state index contributed by atoms with van der Waals surface area (Å²) in [5, 5.41) is 3.13. The van der Waals surface area contributed by atoms with Gasteiger partial charge in [-0.3, -0.25) is 0 Å². The number of nitrogens with zero attached hydrogens (tertiary/aromatic N) is 2. The van der Waals surface area contributed by atoms with Crippen LogP contribution in [0.3, 0.4) is 0 Å². The Morgan fingerprint density at radius 3 is 2.86 bits per heavy atom. The number of nitrogens with one attached hydrogen (secondary N) is 1. The predicted octanol–water partition coefficient (Wildman–Crippen LogP) is 3.59. The third kappa shape index (κ3) is 5.03. The normalized spacial score (nSPS) is 19.0. The van der Waals surface area contributed by atoms with Crippen molar-refractivity contribution in [2.75, 3.05) is 24.2 Å². The monoisotopic (exact) mass is 321 g/mol. The molecule has 1 aromatic rings. The molecule has 1 fully saturated rings. The second-order valence-electron chi connectivity index (χ2n) is 4.79. The number of alkyl halides is 3. The second kappa shape index (κ2) is 7.31. The molecule has 0 radical (unpaired) electrons. The van der Waals surface area contributed by atoms with E-state index in [-0.39, 0.29) is 12.1 Å². The van der Waals surface area contributed by atoms with E-state index in [4.69, 9.17) is 4.74 Å². The zero-order chi connectivity index (χ0) is 15.3. The summed E-state index contributed by atoms with van der Waals surface area (Å²) in [6.45, 7) is 3.19. The molecule has 0 aromatic carbocycles. The van der Waals surface area contributed by atoms with E-state index < -0.39 is 11.9 Å². The largest absolute Gasteiger partial charge is 0.433 e. The first-order chi connectivity index (χ1) is 9.99. The van der Waals surface area contributed by atoms with Crippen LogP contribution in [0.1, 0.15) is 31.9 Å². The van der Waals surface area contributed by atoms with Crippen LogP contribution in [0.2, 0.25) is 0 Å². The van der Waals surface area contributed by atoms with Gasteiger partial charge in [0.15, 0.2) is 5.69 Å². The van der Waals surface area contributed by atoms with Gasteiger partial charge in [0.1, 0.15) is 5.03 Å². The molecule has 1 aliphatic heterocycles. The van der Waals surface area contributed by atoms with Gasteiger partial charge in [-0.2, -0.15) is 13.2 Å². The summed E-state index contributed by atoms with van der Waals surface area (Å²) >= 11 is 1.28. The molecule has 1 aromatic heterocycles. The van der Waals surface area contributed by atoms with Gasteiger partial charge in [-0.25, -0.2) is 9.97 Å². The van der Waals surface area contributed by atoms with E-state index in [1.54, 1.807) is 0 Å². The Balaban J connectivity index is 2.09. The van der Waals surface area contributed by atoms with Crippen LogP contribution in [0.4, 0.5) is 19.1 Å². The Morgan fingerprint density at radius 1 is 1.43 bits per heavy atom. The highest BCUT2D eigenvalue weighted by Crippen LogP contribution is 2.31. The Morgan fingerprint density at radius 2 is 2.24 bits per heavy atom. The lowest BCUT2D eigenvalue weighted by molar-refractivity contribution is -0.141. The fourth-order valence-electron chi connectivity index (χ4n) is 1.91. The van der Waals surface area contributed by atoms with Crippen molar-refractivity contribution in [1.29, 1.82) is 0 Å². The van der Waals surface area contributed by atoms with Crippen molar-refractivity contribution >= 4 is 17.7 Å². The molecule has 1 aliphatic rings. The second-order valence-corrected chi connectivity index (χ2v) is 5.83. The summed E-state index contributed by atoms with van der Waals surface area (Å²) in [5.74, 6) is 0.642. The van der Waals surface area contributed by atoms with E-state index >= 15 is 0 Å². The molecule has 118 valence electrons. The van der Waals surface area contributed by atoms with Gasteiger partial charge in [0.2, 0.25) is 5.95 Å². The molecular formula is C13H18F3N3OS. The first-order valence-corrected chi connectivity index (χ1v) is 7.92. The van der Waals surface area contributed by atoms with E-state index in [1.165, 1.54) is 11.8 Å². The molecule has 0 bridgehead atoms. The average Bonchev–Trinajstić information content (AvgIpc) is 2.95. The predicted molar refractivity (Wildman–Crippen MR) is 75.5 cm³/mol. The lowest BCUT2D eigenvalue weighted by Crippen LogP contribution is -2.14. The summed E-state index contributed by atoms with van der Waals surface area (Å²) in [5.41, 5.74) is -0.911. The SMILES string of the molecule is CCCNc1nc(SCC2CCCO2)cc(C(F)(F)F)n1. The van der Waals surface area contributed by atoms with Gasteiger partial charge < -0.3 is 10.1 Å². The Labute approximate surface area is 125 Å². The standard InChI is InChI=1S/C13H18F3N3OS/c1-2-5-17-12-18-10(13(14,15)16)7-11(19-12)21-8-9-4-3-6-20-9/h7,9H,2-6,8H2,1H3,(H,17,18,19). The van der Waals surface area contributed by atoms with Gasteiger partial charge in [0, 0.05) is 25.0 Å². The van der Waals surface area contributed by atoms with Gasteiger partial charge in [0.05, 0.1) is 6.10 Å². The maximum atomic E-state index is 12.9. The molecule has 4 nitrogen and oxygen atoms in total. The van der Waals surface area contributed by atoms with Crippen molar-refractivity contribution in [1.82, 2.24) is 9.97 Å². The number of aromatic nitrogens is 2. The third-order valence-corrected chi connectivity index (χ3v) is 4.01. The van der Waals surface area contributed by atoms with Crippen LogP contribution in [0, 0.1) is 0 Å². The molecule has 1 N–H and O–H groups in total. The summed E-state index contributed by atoms with van der Waals surface area (Å²) in [6.07, 6.45) is -1.62. The maximum absolute atomic E-state index is 12.9. The minimum Gasteiger partial charge on any atom is -0.377 e. The molecule has 2 rings (SSSR count). The van der Waals surface area contributed by atoms with Gasteiger partial charge in [-0.15, -0.1) is 11.8 Å². The number of hydrogen-bond acceptors (Lipinski definition) is 5. The molecule has 2 heterocycles. The Kier molecular flexibility index (Phi) is 5.69. The van der Waals surface area contributed by atoms with Crippen LogP contribution in [-0.4, -0.2) is 35.0 Å². The first-order valence-electron chi connectivity index (χ1n) is 6.93. The van der Waals surface area contributed by atoms with Crippen LogP contribution in [0.25, 0.3) is 0 Å². The zero-order valence-corrected chi connectivity index (χ0v) is 12.6. The van der Waals surface area contributed by atoms with Crippen LogP contribution >= 0.6 is 11.8 Å². The van der Waals surface area contributed by atoms with Crippen LogP contribution < -0.4 is 5.32 Å². The number of ether oxygens (including phenoxy) is 1. The molecule has 0 spiro atoms. The van der Waals surface area contributed by atoms with Crippen LogP contribution in [0.5, 0.6) is 0 Å². The van der Waals surface area contributed by atoms with Crippen molar-refractivity contribution in [2.24, 2.45) is 0 Å². The van der Waals surface area contributed by atoms with Crippen LogP contribution in [0.15, 0.2) is 11.1 Å². The van der Waals surface area contributed by atoms with Gasteiger partial charge >= 0.3 is 6.18 Å². The van der Waals surface area contributed by atoms with E-state index in [1.807, 2.05) is 6.92 Å². The Hall–Kier alpha value is -1.02. The van der Waals surface area contributed by atoms with Crippen molar-refractivity contribution in [3.8, 4) is 0 Å². The van der Waals surface area contributed by atoms with Gasteiger partial charge in [0.25, 0.3) is 0 Å². The van der Waals surface area contributed by atoms with E-state index in [0.717, 1.165) is 31.9 Å². The molecule has 0 saturated carbocycles. The maximum Gasteiger partial charge on any atom is 0.433 e. The zero-order valence-electron chi connectivity index (χ0n) is 11.7. The average molecular weight is 321 g/mol. The minimum atomic E-state index is -4.47. The summed E-state index contributed by atoms with van der Waals surface area (Å²) in [7, 11) is 0. The number of rotatable bonds is 6. The third-order valence-electron chi connectivity index (χ3n) is 2.97. The van der Waals surface area contributed by atoms with Crippen molar-refractivity contribution < 1.29 is 17.9 Å². The summed E-state index contributed by atoms with van der Waals surface area (Å²) < 4.78 is 44.0. The smallest absolute Gasteiger partial charge is 0.377 e. The van der Waals surface area contributed by atoms with Gasteiger partial charge in [-0.1, -0.05) is 6.92 Å². The number of anilines is 1. The fraction of sp³-hybridized carbons (Fsp3) is 0.692. The van der Waals surface area contributed by atoms with E-state index in [2.05, 4.69) is 15.3 Å². The number of thioether (sulfide) groups is 1. The van der Waals surface area contributed by atoms with E-state index in [0.29, 0.717) is 17.3 Å². The molecule has 0 aliphatic carbocycles. The minimum absolute atomic E-state index is 0.0292. The fourth-order valence-corrected chi connectivity index (χ4v) is 2.88. The summed E-state index contributed by atoms with van der Waals surface area (Å²) in [4.78, 5) is 7.66. The van der Waals surface area contributed by atoms with Crippen molar-refractivity contribution in [3.63, 3.8) is 0 Å². The highest BCUT2D eigenvalue weighted by Gasteiger charge is 2.33. The molecule has 1 atom stereocenters. The summed E-state index contributed by atoms with van der Waals surface area (Å²) in [6, 6.07) is 0.997.